The Bertz CT molecular complexity index is 846. The van der Waals surface area contributed by atoms with Crippen LogP contribution in [0.1, 0.15) is 56.6 Å². The number of rotatable bonds is 5. The van der Waals surface area contributed by atoms with Crippen LogP contribution in [-0.2, 0) is 16.1 Å². The number of carbonyl (C=O) groups is 2. The lowest BCUT2D eigenvalue weighted by Crippen LogP contribution is -2.53. The molecule has 1 aromatic heterocycles. The first kappa shape index (κ1) is 20.9. The number of hydrogen-bond acceptors (Lipinski definition) is 4. The molecule has 2 aliphatic heterocycles. The Hall–Kier alpha value is -2.35. The minimum Gasteiger partial charge on any atom is -0.384 e. The lowest BCUT2D eigenvalue weighted by atomic mass is 9.83. The van der Waals surface area contributed by atoms with E-state index < -0.39 is 0 Å². The highest BCUT2D eigenvalue weighted by Gasteiger charge is 2.37. The number of amides is 3. The SMILES string of the molecule is COCCC(=O)Nc1ccc2n(c1=O)C[C@H]1C[C@@H]2CN(C(=O)NC2CCCCC2)C1. The first-order valence-corrected chi connectivity index (χ1v) is 11.1. The molecule has 8 heteroatoms. The highest BCUT2D eigenvalue weighted by Crippen LogP contribution is 2.35. The van der Waals surface area contributed by atoms with E-state index in [0.29, 0.717) is 38.0 Å². The number of piperidine rings is 1. The number of nitrogens with one attached hydrogen (secondary N) is 2. The standard InChI is InChI=1S/C22H32N4O4/c1-30-10-9-20(27)24-18-7-8-19-16-11-15(13-26(19)21(18)28)12-25(14-16)22(29)23-17-5-3-2-4-6-17/h7-8,15-17H,2-6,9-14H2,1H3,(H,23,29)(H,24,27)/t15-,16+/m0/s1. The van der Waals surface area contributed by atoms with Crippen LogP contribution in [0.25, 0.3) is 0 Å². The maximum Gasteiger partial charge on any atom is 0.317 e. The fourth-order valence-corrected chi connectivity index (χ4v) is 5.13. The van der Waals surface area contributed by atoms with Gasteiger partial charge in [-0.25, -0.2) is 4.79 Å². The molecule has 0 spiro atoms. The van der Waals surface area contributed by atoms with Crippen LogP contribution in [0.3, 0.4) is 0 Å². The van der Waals surface area contributed by atoms with E-state index >= 15 is 0 Å². The third kappa shape index (κ3) is 4.53. The Balaban J connectivity index is 1.44. The number of aromatic nitrogens is 1. The number of hydrogen-bond donors (Lipinski definition) is 2. The second-order valence-corrected chi connectivity index (χ2v) is 8.87. The van der Waals surface area contributed by atoms with Gasteiger partial charge in [-0.05, 0) is 37.3 Å². The lowest BCUT2D eigenvalue weighted by Gasteiger charge is -2.43. The smallest absolute Gasteiger partial charge is 0.317 e. The molecule has 1 saturated carbocycles. The van der Waals surface area contributed by atoms with Crippen molar-refractivity contribution in [3.63, 3.8) is 0 Å². The molecule has 2 fully saturated rings. The fraction of sp³-hybridized carbons (Fsp3) is 0.682. The summed E-state index contributed by atoms with van der Waals surface area (Å²) in [6.45, 7) is 2.21. The molecule has 2 bridgehead atoms. The second kappa shape index (κ2) is 9.20. The summed E-state index contributed by atoms with van der Waals surface area (Å²) in [7, 11) is 1.54. The van der Waals surface area contributed by atoms with E-state index in [1.807, 2.05) is 11.0 Å². The van der Waals surface area contributed by atoms with Crippen molar-refractivity contribution in [2.75, 3.05) is 32.1 Å². The zero-order chi connectivity index (χ0) is 21.1. The molecular weight excluding hydrogens is 384 g/mol. The van der Waals surface area contributed by atoms with Crippen molar-refractivity contribution >= 4 is 17.6 Å². The number of nitrogens with zero attached hydrogens (tertiary/aromatic N) is 2. The number of anilines is 1. The molecule has 30 heavy (non-hydrogen) atoms. The van der Waals surface area contributed by atoms with Gasteiger partial charge in [-0.1, -0.05) is 19.3 Å². The minimum absolute atomic E-state index is 0.0365. The average Bonchev–Trinajstić information content (AvgIpc) is 2.75. The van der Waals surface area contributed by atoms with E-state index in [4.69, 9.17) is 4.74 Å². The molecule has 3 amide bonds. The molecular formula is C22H32N4O4. The van der Waals surface area contributed by atoms with Crippen molar-refractivity contribution in [1.82, 2.24) is 14.8 Å². The summed E-state index contributed by atoms with van der Waals surface area (Å²) < 4.78 is 6.71. The summed E-state index contributed by atoms with van der Waals surface area (Å²) in [5, 5.41) is 5.93. The van der Waals surface area contributed by atoms with Gasteiger partial charge in [-0.15, -0.1) is 0 Å². The molecule has 3 aliphatic rings. The molecule has 0 aromatic carbocycles. The quantitative estimate of drug-likeness (QED) is 0.770. The van der Waals surface area contributed by atoms with Gasteiger partial charge in [0.25, 0.3) is 5.56 Å². The maximum atomic E-state index is 13.0. The van der Waals surface area contributed by atoms with Crippen molar-refractivity contribution < 1.29 is 14.3 Å². The summed E-state index contributed by atoms with van der Waals surface area (Å²) in [6.07, 6.45) is 7.00. The van der Waals surface area contributed by atoms with E-state index in [0.717, 1.165) is 25.0 Å². The van der Waals surface area contributed by atoms with Crippen LogP contribution in [0, 0.1) is 5.92 Å². The van der Waals surface area contributed by atoms with E-state index in [1.165, 1.54) is 19.3 Å². The molecule has 0 radical (unpaired) electrons. The zero-order valence-electron chi connectivity index (χ0n) is 17.7. The van der Waals surface area contributed by atoms with Gasteiger partial charge in [0, 0.05) is 44.4 Å². The Morgan fingerprint density at radius 2 is 1.93 bits per heavy atom. The summed E-state index contributed by atoms with van der Waals surface area (Å²) in [4.78, 5) is 39.7. The van der Waals surface area contributed by atoms with Crippen molar-refractivity contribution in [3.8, 4) is 0 Å². The predicted octanol–water partition coefficient (Wildman–Crippen LogP) is 2.28. The normalized spacial score (nSPS) is 23.6. The number of carbonyl (C=O) groups excluding carboxylic acids is 2. The molecule has 8 nitrogen and oxygen atoms in total. The lowest BCUT2D eigenvalue weighted by molar-refractivity contribution is -0.117. The summed E-state index contributed by atoms with van der Waals surface area (Å²) in [6, 6.07) is 3.96. The highest BCUT2D eigenvalue weighted by atomic mass is 16.5. The second-order valence-electron chi connectivity index (χ2n) is 8.87. The zero-order valence-corrected chi connectivity index (χ0v) is 17.7. The van der Waals surface area contributed by atoms with Gasteiger partial charge in [-0.3, -0.25) is 9.59 Å². The Morgan fingerprint density at radius 1 is 1.13 bits per heavy atom. The molecule has 0 unspecified atom stereocenters. The van der Waals surface area contributed by atoms with Gasteiger partial charge in [0.2, 0.25) is 5.91 Å². The van der Waals surface area contributed by atoms with E-state index in [1.54, 1.807) is 17.7 Å². The highest BCUT2D eigenvalue weighted by molar-refractivity contribution is 5.90. The molecule has 2 atom stereocenters. The van der Waals surface area contributed by atoms with Crippen LogP contribution in [0.2, 0.25) is 0 Å². The largest absolute Gasteiger partial charge is 0.384 e. The van der Waals surface area contributed by atoms with Gasteiger partial charge in [0.15, 0.2) is 0 Å². The topological polar surface area (TPSA) is 92.7 Å². The first-order valence-electron chi connectivity index (χ1n) is 11.1. The average molecular weight is 417 g/mol. The number of pyridine rings is 1. The van der Waals surface area contributed by atoms with E-state index in [9.17, 15) is 14.4 Å². The van der Waals surface area contributed by atoms with E-state index in [2.05, 4.69) is 10.6 Å². The predicted molar refractivity (Wildman–Crippen MR) is 114 cm³/mol. The number of methoxy groups -OCH3 is 1. The molecule has 1 aromatic rings. The fourth-order valence-electron chi connectivity index (χ4n) is 5.13. The van der Waals surface area contributed by atoms with Crippen LogP contribution >= 0.6 is 0 Å². The van der Waals surface area contributed by atoms with Crippen molar-refractivity contribution in [2.24, 2.45) is 5.92 Å². The molecule has 4 rings (SSSR count). The van der Waals surface area contributed by atoms with Gasteiger partial charge in [-0.2, -0.15) is 0 Å². The monoisotopic (exact) mass is 416 g/mol. The van der Waals surface area contributed by atoms with Crippen LogP contribution in [0.5, 0.6) is 0 Å². The number of fused-ring (bicyclic) bond motifs is 4. The molecule has 1 aliphatic carbocycles. The third-order valence-electron chi connectivity index (χ3n) is 6.63. The Kier molecular flexibility index (Phi) is 6.41. The van der Waals surface area contributed by atoms with Crippen LogP contribution in [0.15, 0.2) is 16.9 Å². The molecule has 3 heterocycles. The van der Waals surface area contributed by atoms with Crippen molar-refractivity contribution in [2.45, 2.75) is 63.5 Å². The van der Waals surface area contributed by atoms with E-state index in [-0.39, 0.29) is 35.8 Å². The minimum atomic E-state index is -0.226. The summed E-state index contributed by atoms with van der Waals surface area (Å²) in [5.74, 6) is 0.183. The van der Waals surface area contributed by atoms with Crippen molar-refractivity contribution in [3.05, 3.63) is 28.2 Å². The number of urea groups is 1. The van der Waals surface area contributed by atoms with Crippen LogP contribution in [0.4, 0.5) is 10.5 Å². The van der Waals surface area contributed by atoms with Crippen LogP contribution in [-0.4, -0.2) is 54.3 Å². The molecule has 2 N–H and O–H groups in total. The van der Waals surface area contributed by atoms with Gasteiger partial charge >= 0.3 is 6.03 Å². The Morgan fingerprint density at radius 3 is 2.70 bits per heavy atom. The van der Waals surface area contributed by atoms with Gasteiger partial charge < -0.3 is 24.8 Å². The summed E-state index contributed by atoms with van der Waals surface area (Å²) >= 11 is 0. The maximum absolute atomic E-state index is 13.0. The number of likely N-dealkylation sites (tertiary alicyclic amines) is 1. The van der Waals surface area contributed by atoms with Crippen molar-refractivity contribution in [1.29, 1.82) is 0 Å². The Labute approximate surface area is 177 Å². The molecule has 1 saturated heterocycles. The van der Waals surface area contributed by atoms with Gasteiger partial charge in [0.1, 0.15) is 5.69 Å². The first-order chi connectivity index (χ1) is 14.5. The third-order valence-corrected chi connectivity index (χ3v) is 6.63. The van der Waals surface area contributed by atoms with Crippen LogP contribution < -0.4 is 16.2 Å². The number of ether oxygens (including phenoxy) is 1. The van der Waals surface area contributed by atoms with Gasteiger partial charge in [0.05, 0.1) is 13.0 Å². The molecule has 164 valence electrons. The summed E-state index contributed by atoms with van der Waals surface area (Å²) in [5.41, 5.74) is 1.11.